The maximum Gasteiger partial charge on any atom is 0.243 e. The van der Waals surface area contributed by atoms with Crippen molar-refractivity contribution in [3.05, 3.63) is 72.4 Å². The molecule has 0 bridgehead atoms. The number of benzene rings is 2. The minimum absolute atomic E-state index is 0.0312. The number of unbranched alkanes of at least 4 members (excludes halogenated alkanes) is 3. The second-order valence-electron chi connectivity index (χ2n) is 6.91. The number of hydrogen-bond donors (Lipinski definition) is 4. The van der Waals surface area contributed by atoms with E-state index in [1.165, 1.54) is 7.05 Å². The number of rotatable bonds is 9. The Kier molecular flexibility index (Phi) is 14.1. The summed E-state index contributed by atoms with van der Waals surface area (Å²) in [5.41, 5.74) is 8.36. The zero-order valence-electron chi connectivity index (χ0n) is 18.9. The maximum atomic E-state index is 12.0. The Balaban J connectivity index is 0.000000454. The number of amides is 2. The molecule has 176 valence electrons. The molecule has 8 nitrogen and oxygen atoms in total. The van der Waals surface area contributed by atoms with Crippen LogP contribution in [0.15, 0.2) is 66.9 Å². The van der Waals surface area contributed by atoms with E-state index in [9.17, 15) is 14.4 Å². The average Bonchev–Trinajstić information content (AvgIpc) is 2.88. The van der Waals surface area contributed by atoms with E-state index in [-0.39, 0.29) is 11.8 Å². The molecule has 0 saturated carbocycles. The lowest BCUT2D eigenvalue weighted by Crippen LogP contribution is -2.17. The van der Waals surface area contributed by atoms with Crippen LogP contribution in [0.3, 0.4) is 0 Å². The number of fused-ring (bicyclic) bond motifs is 1. The number of para-hydroxylation sites is 1. The number of hydrogen-bond acceptors (Lipinski definition) is 6. The molecule has 0 atom stereocenters. The Morgan fingerprint density at radius 2 is 1.52 bits per heavy atom. The molecule has 0 aliphatic rings. The van der Waals surface area contributed by atoms with E-state index >= 15 is 0 Å². The minimum Gasteiger partial charge on any atom is -0.333 e. The summed E-state index contributed by atoms with van der Waals surface area (Å²) in [4.78, 5) is 37.2. The third-order valence-corrected chi connectivity index (χ3v) is 4.52. The predicted molar refractivity (Wildman–Crippen MR) is 130 cm³/mol. The largest absolute Gasteiger partial charge is 0.333 e. The highest BCUT2D eigenvalue weighted by atomic mass is 16.5. The molecule has 0 radical (unpaired) electrons. The lowest BCUT2D eigenvalue weighted by Gasteiger charge is -2.08. The fourth-order valence-electron chi connectivity index (χ4n) is 2.93. The van der Waals surface area contributed by atoms with Gasteiger partial charge in [0.1, 0.15) is 6.29 Å². The number of carbonyl (C=O) groups excluding carboxylic acids is 3. The maximum absolute atomic E-state index is 12.0. The zero-order chi connectivity index (χ0) is 24.3. The third-order valence-electron chi connectivity index (χ3n) is 4.52. The fourth-order valence-corrected chi connectivity index (χ4v) is 2.93. The van der Waals surface area contributed by atoms with Crippen molar-refractivity contribution in [1.29, 1.82) is 0 Å². The summed E-state index contributed by atoms with van der Waals surface area (Å²) in [5, 5.41) is 12.3. The molecule has 33 heavy (non-hydrogen) atoms. The van der Waals surface area contributed by atoms with Gasteiger partial charge in [0.25, 0.3) is 0 Å². The quantitative estimate of drug-likeness (QED) is 0.167. The van der Waals surface area contributed by atoms with Crippen LogP contribution < -0.4 is 16.5 Å². The first-order valence-corrected chi connectivity index (χ1v) is 10.8. The van der Waals surface area contributed by atoms with Crippen molar-refractivity contribution in [2.75, 3.05) is 12.4 Å². The molecule has 2 aromatic carbocycles. The normalized spacial score (nSPS) is 9.55. The summed E-state index contributed by atoms with van der Waals surface area (Å²) in [7, 11) is 1.50. The molecule has 0 aliphatic heterocycles. The van der Waals surface area contributed by atoms with Crippen molar-refractivity contribution < 1.29 is 19.6 Å². The molecule has 0 unspecified atom stereocenters. The number of hydroxylamine groups is 1. The Hall–Kier alpha value is -3.62. The number of nitrogens with zero attached hydrogens (tertiary/aromatic N) is 1. The van der Waals surface area contributed by atoms with Gasteiger partial charge in [-0.25, -0.2) is 5.48 Å². The molecule has 0 saturated heterocycles. The Bertz CT molecular complexity index is 975. The molecular formula is C25H32N4O4. The van der Waals surface area contributed by atoms with E-state index in [4.69, 9.17) is 5.21 Å². The molecule has 0 aliphatic carbocycles. The van der Waals surface area contributed by atoms with Crippen LogP contribution in [0.5, 0.6) is 0 Å². The highest BCUT2D eigenvalue weighted by Gasteiger charge is 2.06. The van der Waals surface area contributed by atoms with Crippen LogP contribution in [0.2, 0.25) is 0 Å². The number of aldehydes is 1. The molecule has 0 spiro atoms. The van der Waals surface area contributed by atoms with Crippen LogP contribution in [-0.4, -0.2) is 35.3 Å². The molecule has 5 N–H and O–H groups in total. The van der Waals surface area contributed by atoms with Gasteiger partial charge in [-0.3, -0.25) is 24.6 Å². The topological polar surface area (TPSA) is 134 Å². The molecule has 2 amide bonds. The summed E-state index contributed by atoms with van der Waals surface area (Å²) in [6.07, 6.45) is 6.50. The van der Waals surface area contributed by atoms with Crippen molar-refractivity contribution in [2.24, 2.45) is 5.73 Å². The van der Waals surface area contributed by atoms with Crippen molar-refractivity contribution in [1.82, 2.24) is 10.5 Å². The summed E-state index contributed by atoms with van der Waals surface area (Å²) in [6.45, 7) is 0. The van der Waals surface area contributed by atoms with Gasteiger partial charge in [0.2, 0.25) is 11.8 Å². The molecule has 8 heteroatoms. The van der Waals surface area contributed by atoms with Crippen molar-refractivity contribution in [3.63, 3.8) is 0 Å². The summed E-state index contributed by atoms with van der Waals surface area (Å²) in [6, 6.07) is 18.6. The summed E-state index contributed by atoms with van der Waals surface area (Å²) in [5.74, 6) is -0.401. The van der Waals surface area contributed by atoms with Crippen molar-refractivity contribution >= 4 is 34.7 Å². The van der Waals surface area contributed by atoms with E-state index in [1.54, 1.807) is 23.8 Å². The van der Waals surface area contributed by atoms with Crippen LogP contribution >= 0.6 is 0 Å². The van der Waals surface area contributed by atoms with Crippen LogP contribution in [-0.2, 0) is 9.59 Å². The van der Waals surface area contributed by atoms with E-state index < -0.39 is 0 Å². The number of carbonyl (C=O) groups is 3. The van der Waals surface area contributed by atoms with Crippen molar-refractivity contribution in [2.45, 2.75) is 38.5 Å². The predicted octanol–water partition coefficient (Wildman–Crippen LogP) is 4.09. The molecule has 0 fully saturated rings. The SMILES string of the molecule is CN.O=C(CCCCCCC(=O)Nc1cccc2cccnc12)NO.O=Cc1ccccc1. The average molecular weight is 453 g/mol. The number of pyridine rings is 1. The highest BCUT2D eigenvalue weighted by Crippen LogP contribution is 2.21. The molecule has 3 rings (SSSR count). The standard InChI is InChI=1S/C17H21N3O3.C7H6O.CH5N/c21-15(10-3-1-2-4-11-16(22)20-23)19-14-9-5-7-13-8-6-12-18-17(13)14;8-6-7-4-2-1-3-5-7;1-2/h5-9,12,23H,1-4,10-11H2,(H,19,21)(H,20,22);1-6H;2H2,1H3. The summed E-state index contributed by atoms with van der Waals surface area (Å²) < 4.78 is 0. The van der Waals surface area contributed by atoms with Gasteiger partial charge in [-0.15, -0.1) is 0 Å². The molecular weight excluding hydrogens is 420 g/mol. The first kappa shape index (κ1) is 27.4. The van der Waals surface area contributed by atoms with Crippen LogP contribution in [0.25, 0.3) is 10.9 Å². The smallest absolute Gasteiger partial charge is 0.243 e. The second kappa shape index (κ2) is 17.0. The summed E-state index contributed by atoms with van der Waals surface area (Å²) >= 11 is 0. The van der Waals surface area contributed by atoms with Gasteiger partial charge in [0, 0.05) is 30.0 Å². The van der Waals surface area contributed by atoms with Gasteiger partial charge in [-0.05, 0) is 32.0 Å². The van der Waals surface area contributed by atoms with E-state index in [0.29, 0.717) is 19.3 Å². The van der Waals surface area contributed by atoms with Gasteiger partial charge in [0.05, 0.1) is 11.2 Å². The van der Waals surface area contributed by atoms with Gasteiger partial charge in [0.15, 0.2) is 0 Å². The first-order valence-electron chi connectivity index (χ1n) is 10.8. The number of nitrogens with two attached hydrogens (primary N) is 1. The monoisotopic (exact) mass is 452 g/mol. The van der Waals surface area contributed by atoms with Gasteiger partial charge >= 0.3 is 0 Å². The fraction of sp³-hybridized carbons (Fsp3) is 0.280. The van der Waals surface area contributed by atoms with Gasteiger partial charge < -0.3 is 11.1 Å². The highest BCUT2D eigenvalue weighted by molar-refractivity contribution is 6.00. The Morgan fingerprint density at radius 1 is 0.879 bits per heavy atom. The molecule has 3 aromatic rings. The third kappa shape index (κ3) is 11.0. The Morgan fingerprint density at radius 3 is 2.12 bits per heavy atom. The number of anilines is 1. The van der Waals surface area contributed by atoms with Crippen LogP contribution in [0.4, 0.5) is 5.69 Å². The van der Waals surface area contributed by atoms with Crippen LogP contribution in [0.1, 0.15) is 48.9 Å². The molecule has 1 aromatic heterocycles. The zero-order valence-corrected chi connectivity index (χ0v) is 18.9. The van der Waals surface area contributed by atoms with Crippen molar-refractivity contribution in [3.8, 4) is 0 Å². The number of aromatic nitrogens is 1. The number of nitrogens with one attached hydrogen (secondary N) is 2. The van der Waals surface area contributed by atoms with E-state index in [1.807, 2.05) is 48.5 Å². The second-order valence-corrected chi connectivity index (χ2v) is 6.91. The first-order chi connectivity index (χ1) is 16.1. The van der Waals surface area contributed by atoms with Gasteiger partial charge in [-0.2, -0.15) is 0 Å². The minimum atomic E-state index is -0.369. The lowest BCUT2D eigenvalue weighted by molar-refractivity contribution is -0.129. The van der Waals surface area contributed by atoms with E-state index in [2.05, 4.69) is 16.0 Å². The van der Waals surface area contributed by atoms with Gasteiger partial charge in [-0.1, -0.05) is 61.4 Å². The van der Waals surface area contributed by atoms with E-state index in [0.717, 1.165) is 47.7 Å². The van der Waals surface area contributed by atoms with Crippen LogP contribution in [0, 0.1) is 0 Å². The lowest BCUT2D eigenvalue weighted by atomic mass is 10.1. The molecule has 1 heterocycles. The Labute approximate surface area is 194 Å².